The molecule has 1 aromatic rings. The first-order valence-corrected chi connectivity index (χ1v) is 7.37. The molecular weight excluding hydrogens is 234 g/mol. The number of benzene rings is 1. The number of hydrogen-bond donors (Lipinski definition) is 1. The van der Waals surface area contributed by atoms with Crippen LogP contribution in [-0.2, 0) is 6.54 Å². The molecule has 0 saturated carbocycles. The van der Waals surface area contributed by atoms with Crippen molar-refractivity contribution in [1.29, 1.82) is 0 Å². The van der Waals surface area contributed by atoms with Gasteiger partial charge in [0.25, 0.3) is 0 Å². The predicted molar refractivity (Wildman–Crippen MR) is 81.0 cm³/mol. The molecule has 0 radical (unpaired) electrons. The van der Waals surface area contributed by atoms with Crippen LogP contribution < -0.4 is 5.73 Å². The highest BCUT2D eigenvalue weighted by atomic mass is 15.3. The highest BCUT2D eigenvalue weighted by Gasteiger charge is 2.18. The molecule has 0 spiro atoms. The zero-order chi connectivity index (χ0) is 13.8. The quantitative estimate of drug-likeness (QED) is 0.902. The summed E-state index contributed by atoms with van der Waals surface area (Å²) in [5, 5.41) is 0. The fourth-order valence-electron chi connectivity index (χ4n) is 2.62. The van der Waals surface area contributed by atoms with Crippen molar-refractivity contribution in [3.63, 3.8) is 0 Å². The number of hydrogen-bond acceptors (Lipinski definition) is 3. The van der Waals surface area contributed by atoms with Gasteiger partial charge in [-0.1, -0.05) is 24.3 Å². The van der Waals surface area contributed by atoms with Gasteiger partial charge in [-0.2, -0.15) is 0 Å². The minimum atomic E-state index is 0.128. The summed E-state index contributed by atoms with van der Waals surface area (Å²) in [5.41, 5.74) is 8.48. The fraction of sp³-hybridized carbons (Fsp3) is 0.625. The van der Waals surface area contributed by atoms with Crippen LogP contribution in [0.25, 0.3) is 0 Å². The van der Waals surface area contributed by atoms with Gasteiger partial charge in [-0.3, -0.25) is 9.80 Å². The van der Waals surface area contributed by atoms with Crippen molar-refractivity contribution < 1.29 is 0 Å². The van der Waals surface area contributed by atoms with E-state index in [4.69, 9.17) is 5.73 Å². The average molecular weight is 261 g/mol. The topological polar surface area (TPSA) is 32.5 Å². The summed E-state index contributed by atoms with van der Waals surface area (Å²) in [4.78, 5) is 5.09. The summed E-state index contributed by atoms with van der Waals surface area (Å²) in [7, 11) is 0. The minimum absolute atomic E-state index is 0.128. The van der Waals surface area contributed by atoms with Crippen LogP contribution in [0, 0.1) is 0 Å². The van der Waals surface area contributed by atoms with Crippen molar-refractivity contribution in [3.8, 4) is 0 Å². The third-order valence-corrected chi connectivity index (χ3v) is 4.05. The van der Waals surface area contributed by atoms with Crippen LogP contribution in [0.4, 0.5) is 0 Å². The molecule has 1 heterocycles. The van der Waals surface area contributed by atoms with E-state index in [0.717, 1.165) is 6.54 Å². The molecule has 1 fully saturated rings. The van der Waals surface area contributed by atoms with Gasteiger partial charge in [-0.25, -0.2) is 0 Å². The molecule has 0 bridgehead atoms. The molecule has 0 aliphatic carbocycles. The molecule has 1 aliphatic heterocycles. The van der Waals surface area contributed by atoms with Crippen LogP contribution in [0.15, 0.2) is 24.3 Å². The molecule has 1 saturated heterocycles. The molecule has 0 aromatic heterocycles. The van der Waals surface area contributed by atoms with Gasteiger partial charge < -0.3 is 5.73 Å². The Kier molecular flexibility index (Phi) is 4.97. The van der Waals surface area contributed by atoms with E-state index in [1.54, 1.807) is 0 Å². The molecule has 106 valence electrons. The Balaban J connectivity index is 1.85. The maximum atomic E-state index is 5.88. The van der Waals surface area contributed by atoms with Gasteiger partial charge in [0, 0.05) is 44.8 Å². The molecule has 1 aromatic carbocycles. The monoisotopic (exact) mass is 261 g/mol. The lowest BCUT2D eigenvalue weighted by Crippen LogP contribution is -2.48. The first kappa shape index (κ1) is 14.5. The molecule has 19 heavy (non-hydrogen) atoms. The predicted octanol–water partition coefficient (Wildman–Crippen LogP) is 2.23. The summed E-state index contributed by atoms with van der Waals surface area (Å²) < 4.78 is 0. The Labute approximate surface area is 117 Å². The summed E-state index contributed by atoms with van der Waals surface area (Å²) in [6.07, 6.45) is 0. The Bertz CT molecular complexity index is 375. The third-order valence-electron chi connectivity index (χ3n) is 4.05. The van der Waals surface area contributed by atoms with Gasteiger partial charge in [0.2, 0.25) is 0 Å². The van der Waals surface area contributed by atoms with Gasteiger partial charge in [0.15, 0.2) is 0 Å². The molecule has 2 rings (SSSR count). The second-order valence-electron chi connectivity index (χ2n) is 5.94. The highest BCUT2D eigenvalue weighted by Crippen LogP contribution is 2.14. The van der Waals surface area contributed by atoms with Crippen LogP contribution in [0.5, 0.6) is 0 Å². The van der Waals surface area contributed by atoms with Crippen LogP contribution in [0.2, 0.25) is 0 Å². The van der Waals surface area contributed by atoms with Gasteiger partial charge in [0.1, 0.15) is 0 Å². The van der Waals surface area contributed by atoms with Crippen LogP contribution in [0.1, 0.15) is 37.9 Å². The van der Waals surface area contributed by atoms with Crippen molar-refractivity contribution in [1.82, 2.24) is 9.80 Å². The summed E-state index contributed by atoms with van der Waals surface area (Å²) >= 11 is 0. The highest BCUT2D eigenvalue weighted by molar-refractivity contribution is 5.24. The Morgan fingerprint density at radius 2 is 1.58 bits per heavy atom. The van der Waals surface area contributed by atoms with E-state index in [1.165, 1.54) is 37.3 Å². The number of piperazine rings is 1. The molecule has 1 atom stereocenters. The van der Waals surface area contributed by atoms with Gasteiger partial charge >= 0.3 is 0 Å². The molecule has 3 heteroatoms. The van der Waals surface area contributed by atoms with Crippen molar-refractivity contribution in [3.05, 3.63) is 35.4 Å². The van der Waals surface area contributed by atoms with E-state index >= 15 is 0 Å². The molecular formula is C16H27N3. The second-order valence-corrected chi connectivity index (χ2v) is 5.94. The molecule has 0 amide bonds. The minimum Gasteiger partial charge on any atom is -0.324 e. The summed E-state index contributed by atoms with van der Waals surface area (Å²) in [6.45, 7) is 12.4. The lowest BCUT2D eigenvalue weighted by molar-refractivity contribution is 0.104. The molecule has 1 aliphatic rings. The van der Waals surface area contributed by atoms with E-state index < -0.39 is 0 Å². The summed E-state index contributed by atoms with van der Waals surface area (Å²) in [5.74, 6) is 0. The Hall–Kier alpha value is -0.900. The first-order chi connectivity index (χ1) is 9.06. The van der Waals surface area contributed by atoms with Gasteiger partial charge in [0.05, 0.1) is 0 Å². The van der Waals surface area contributed by atoms with Gasteiger partial charge in [-0.15, -0.1) is 0 Å². The van der Waals surface area contributed by atoms with E-state index in [1.807, 2.05) is 6.92 Å². The first-order valence-electron chi connectivity index (χ1n) is 7.37. The maximum absolute atomic E-state index is 5.88. The van der Waals surface area contributed by atoms with Crippen molar-refractivity contribution in [2.75, 3.05) is 26.2 Å². The Morgan fingerprint density at radius 1 is 1.00 bits per heavy atom. The van der Waals surface area contributed by atoms with Crippen molar-refractivity contribution >= 4 is 0 Å². The molecule has 0 unspecified atom stereocenters. The zero-order valence-corrected chi connectivity index (χ0v) is 12.5. The third kappa shape index (κ3) is 4.03. The van der Waals surface area contributed by atoms with E-state index in [0.29, 0.717) is 6.04 Å². The SMILES string of the molecule is CC(C)N1CCN(Cc2ccc([C@H](C)N)cc2)CC1. The molecule has 2 N–H and O–H groups in total. The lowest BCUT2D eigenvalue weighted by Gasteiger charge is -2.36. The fourth-order valence-corrected chi connectivity index (χ4v) is 2.62. The number of nitrogens with two attached hydrogens (primary N) is 1. The standard InChI is InChI=1S/C16H27N3/c1-13(2)19-10-8-18(9-11-19)12-15-4-6-16(7-5-15)14(3)17/h4-7,13-14H,8-12,17H2,1-3H3/t14-/m0/s1. The van der Waals surface area contributed by atoms with E-state index in [-0.39, 0.29) is 6.04 Å². The molecule has 3 nitrogen and oxygen atoms in total. The second kappa shape index (κ2) is 6.51. The Morgan fingerprint density at radius 3 is 2.05 bits per heavy atom. The maximum Gasteiger partial charge on any atom is 0.0266 e. The average Bonchev–Trinajstić information content (AvgIpc) is 2.40. The zero-order valence-electron chi connectivity index (χ0n) is 12.5. The summed E-state index contributed by atoms with van der Waals surface area (Å²) in [6, 6.07) is 9.55. The van der Waals surface area contributed by atoms with Crippen LogP contribution >= 0.6 is 0 Å². The lowest BCUT2D eigenvalue weighted by atomic mass is 10.1. The van der Waals surface area contributed by atoms with Crippen molar-refractivity contribution in [2.45, 2.75) is 39.4 Å². The van der Waals surface area contributed by atoms with Crippen molar-refractivity contribution in [2.24, 2.45) is 5.73 Å². The number of rotatable bonds is 4. The van der Waals surface area contributed by atoms with E-state index in [9.17, 15) is 0 Å². The van der Waals surface area contributed by atoms with Crippen LogP contribution in [0.3, 0.4) is 0 Å². The van der Waals surface area contributed by atoms with E-state index in [2.05, 4.69) is 47.9 Å². The normalized spacial score (nSPS) is 19.8. The van der Waals surface area contributed by atoms with Gasteiger partial charge in [-0.05, 0) is 31.9 Å². The largest absolute Gasteiger partial charge is 0.324 e. The smallest absolute Gasteiger partial charge is 0.0266 e. The van der Waals surface area contributed by atoms with Crippen LogP contribution in [-0.4, -0.2) is 42.0 Å². The number of nitrogens with zero attached hydrogens (tertiary/aromatic N) is 2.